The van der Waals surface area contributed by atoms with Crippen LogP contribution in [0.25, 0.3) is 0 Å². The van der Waals surface area contributed by atoms with Crippen molar-refractivity contribution >= 4 is 20.0 Å². The first-order valence-electron chi connectivity index (χ1n) is 9.61. The minimum atomic E-state index is -3.69. The minimum Gasteiger partial charge on any atom is -0.274 e. The Labute approximate surface area is 173 Å². The van der Waals surface area contributed by atoms with Crippen LogP contribution in [0, 0.1) is 12.8 Å². The fraction of sp³-hybridized carbons (Fsp3) is 0.526. The highest BCUT2D eigenvalue weighted by Crippen LogP contribution is 2.23. The van der Waals surface area contributed by atoms with Crippen LogP contribution in [0.5, 0.6) is 0 Å². The van der Waals surface area contributed by atoms with Gasteiger partial charge in [-0.15, -0.1) is 0 Å². The third-order valence-electron chi connectivity index (χ3n) is 4.99. The Morgan fingerprint density at radius 3 is 1.90 bits per heavy atom. The van der Waals surface area contributed by atoms with Crippen LogP contribution in [0.3, 0.4) is 0 Å². The largest absolute Gasteiger partial charge is 0.274 e. The smallest absolute Gasteiger partial charge is 0.246 e. The molecule has 8 nitrogen and oxygen atoms in total. The maximum Gasteiger partial charge on any atom is 0.246 e. The molecule has 0 radical (unpaired) electrons. The van der Waals surface area contributed by atoms with Crippen LogP contribution < -0.4 is 0 Å². The van der Waals surface area contributed by atoms with Crippen molar-refractivity contribution in [1.29, 1.82) is 0 Å². The molecule has 160 valence electrons. The van der Waals surface area contributed by atoms with Gasteiger partial charge in [0, 0.05) is 39.4 Å². The van der Waals surface area contributed by atoms with E-state index in [2.05, 4.69) is 18.9 Å². The first kappa shape index (κ1) is 21.9. The van der Waals surface area contributed by atoms with Gasteiger partial charge in [0.15, 0.2) is 0 Å². The van der Waals surface area contributed by atoms with Gasteiger partial charge in [-0.25, -0.2) is 16.8 Å². The van der Waals surface area contributed by atoms with E-state index in [0.717, 1.165) is 12.0 Å². The Hall–Kier alpha value is -1.75. The highest BCUT2D eigenvalue weighted by atomic mass is 32.2. The lowest BCUT2D eigenvalue weighted by Crippen LogP contribution is -2.50. The summed E-state index contributed by atoms with van der Waals surface area (Å²) in [6.45, 7) is 6.35. The highest BCUT2D eigenvalue weighted by molar-refractivity contribution is 7.89. The van der Waals surface area contributed by atoms with Gasteiger partial charge < -0.3 is 0 Å². The summed E-state index contributed by atoms with van der Waals surface area (Å²) in [6.07, 6.45) is 2.37. The zero-order valence-corrected chi connectivity index (χ0v) is 18.9. The predicted octanol–water partition coefficient (Wildman–Crippen LogP) is 1.62. The molecule has 0 aliphatic carbocycles. The molecule has 1 fully saturated rings. The molecule has 2 heterocycles. The fourth-order valence-electron chi connectivity index (χ4n) is 3.54. The summed E-state index contributed by atoms with van der Waals surface area (Å²) in [5.41, 5.74) is 1.53. The monoisotopic (exact) mass is 440 g/mol. The highest BCUT2D eigenvalue weighted by Gasteiger charge is 2.35. The lowest BCUT2D eigenvalue weighted by atomic mass is 10.0. The third-order valence-corrected chi connectivity index (χ3v) is 8.90. The number of aromatic nitrogens is 2. The minimum absolute atomic E-state index is 0.112. The molecule has 0 N–H and O–H groups in total. The van der Waals surface area contributed by atoms with Crippen molar-refractivity contribution in [1.82, 2.24) is 18.4 Å². The van der Waals surface area contributed by atoms with Gasteiger partial charge in [0.25, 0.3) is 0 Å². The van der Waals surface area contributed by atoms with Gasteiger partial charge >= 0.3 is 0 Å². The van der Waals surface area contributed by atoms with E-state index in [1.54, 1.807) is 26.1 Å². The standard InChI is InChI=1S/C19H28N4O4S2/c1-15(2)13-17-5-7-18(8-6-17)28(24,25)22-9-11-23(12-10-22)29(26,27)19-14-21(4)20-16(19)3/h5-8,14-15H,9-13H2,1-4H3. The zero-order chi connectivity index (χ0) is 21.4. The van der Waals surface area contributed by atoms with Gasteiger partial charge in [-0.1, -0.05) is 26.0 Å². The van der Waals surface area contributed by atoms with Gasteiger partial charge in [0.2, 0.25) is 20.0 Å². The lowest BCUT2D eigenvalue weighted by molar-refractivity contribution is 0.272. The molecule has 0 spiro atoms. The molecule has 3 rings (SSSR count). The molecule has 1 saturated heterocycles. The number of nitrogens with zero attached hydrogens (tertiary/aromatic N) is 4. The van der Waals surface area contributed by atoms with Crippen molar-refractivity contribution in [2.24, 2.45) is 13.0 Å². The second-order valence-electron chi connectivity index (χ2n) is 7.80. The average Bonchev–Trinajstić information content (AvgIpc) is 3.01. The second-order valence-corrected chi connectivity index (χ2v) is 11.6. The normalized spacial score (nSPS) is 17.1. The van der Waals surface area contributed by atoms with E-state index < -0.39 is 20.0 Å². The Morgan fingerprint density at radius 1 is 0.931 bits per heavy atom. The average molecular weight is 441 g/mol. The molecule has 1 aliphatic heterocycles. The summed E-state index contributed by atoms with van der Waals surface area (Å²) in [4.78, 5) is 0.404. The van der Waals surface area contributed by atoms with Crippen LogP contribution in [0.15, 0.2) is 40.3 Å². The molecule has 29 heavy (non-hydrogen) atoms. The summed E-state index contributed by atoms with van der Waals surface area (Å²) >= 11 is 0. The lowest BCUT2D eigenvalue weighted by Gasteiger charge is -2.33. The van der Waals surface area contributed by atoms with Crippen LogP contribution in [-0.4, -0.2) is 61.4 Å². The summed E-state index contributed by atoms with van der Waals surface area (Å²) in [7, 11) is -5.67. The van der Waals surface area contributed by atoms with Crippen LogP contribution >= 0.6 is 0 Å². The maximum absolute atomic E-state index is 12.9. The number of hydrogen-bond donors (Lipinski definition) is 0. The molecule has 0 amide bonds. The van der Waals surface area contributed by atoms with Crippen molar-refractivity contribution < 1.29 is 16.8 Å². The van der Waals surface area contributed by atoms with E-state index >= 15 is 0 Å². The molecular weight excluding hydrogens is 412 g/mol. The van der Waals surface area contributed by atoms with E-state index in [-0.39, 0.29) is 36.0 Å². The Morgan fingerprint density at radius 2 is 1.45 bits per heavy atom. The van der Waals surface area contributed by atoms with E-state index in [0.29, 0.717) is 11.6 Å². The predicted molar refractivity (Wildman–Crippen MR) is 110 cm³/mol. The molecule has 10 heteroatoms. The SMILES string of the molecule is Cc1nn(C)cc1S(=O)(=O)N1CCN(S(=O)(=O)c2ccc(CC(C)C)cc2)CC1. The molecule has 1 aliphatic rings. The second kappa shape index (κ2) is 8.17. The van der Waals surface area contributed by atoms with Crippen molar-refractivity contribution in [2.75, 3.05) is 26.2 Å². The molecule has 0 unspecified atom stereocenters. The van der Waals surface area contributed by atoms with Crippen LogP contribution in [0.1, 0.15) is 25.1 Å². The van der Waals surface area contributed by atoms with E-state index in [1.807, 2.05) is 12.1 Å². The Balaban J connectivity index is 1.72. The third kappa shape index (κ3) is 4.55. The molecule has 0 saturated carbocycles. The quantitative estimate of drug-likeness (QED) is 0.681. The maximum atomic E-state index is 12.9. The number of sulfonamides is 2. The van der Waals surface area contributed by atoms with E-state index in [1.165, 1.54) is 19.5 Å². The van der Waals surface area contributed by atoms with Crippen LogP contribution in [0.4, 0.5) is 0 Å². The molecule has 1 aromatic carbocycles. The molecular formula is C19H28N4O4S2. The summed E-state index contributed by atoms with van der Waals surface area (Å²) < 4.78 is 55.8. The molecule has 0 atom stereocenters. The van der Waals surface area contributed by atoms with Gasteiger partial charge in [0.05, 0.1) is 10.6 Å². The molecule has 1 aromatic heterocycles. The summed E-state index contributed by atoms with van der Waals surface area (Å²) in [5.74, 6) is 0.496. The van der Waals surface area contributed by atoms with Gasteiger partial charge in [-0.05, 0) is 37.0 Å². The van der Waals surface area contributed by atoms with Crippen molar-refractivity contribution in [3.63, 3.8) is 0 Å². The van der Waals surface area contributed by atoms with E-state index in [9.17, 15) is 16.8 Å². The fourth-order valence-corrected chi connectivity index (χ4v) is 6.58. The molecule has 2 aromatic rings. The summed E-state index contributed by atoms with van der Waals surface area (Å²) in [6, 6.07) is 6.96. The molecule has 0 bridgehead atoms. The van der Waals surface area contributed by atoms with Crippen molar-refractivity contribution in [3.8, 4) is 0 Å². The number of piperazine rings is 1. The number of aryl methyl sites for hydroxylation is 2. The first-order chi connectivity index (χ1) is 13.5. The number of rotatable bonds is 6. The Bertz CT molecular complexity index is 1070. The van der Waals surface area contributed by atoms with Crippen LogP contribution in [0.2, 0.25) is 0 Å². The topological polar surface area (TPSA) is 92.6 Å². The zero-order valence-electron chi connectivity index (χ0n) is 17.2. The van der Waals surface area contributed by atoms with Crippen molar-refractivity contribution in [2.45, 2.75) is 37.0 Å². The number of hydrogen-bond acceptors (Lipinski definition) is 5. The van der Waals surface area contributed by atoms with Crippen LogP contribution in [-0.2, 0) is 33.5 Å². The van der Waals surface area contributed by atoms with Gasteiger partial charge in [-0.2, -0.15) is 13.7 Å². The Kier molecular flexibility index (Phi) is 6.19. The first-order valence-corrected chi connectivity index (χ1v) is 12.5. The van der Waals surface area contributed by atoms with Gasteiger partial charge in [-0.3, -0.25) is 4.68 Å². The van der Waals surface area contributed by atoms with Gasteiger partial charge in [0.1, 0.15) is 4.90 Å². The van der Waals surface area contributed by atoms with E-state index in [4.69, 9.17) is 0 Å². The number of benzene rings is 1. The van der Waals surface area contributed by atoms with Crippen molar-refractivity contribution in [3.05, 3.63) is 41.7 Å². The summed E-state index contributed by atoms with van der Waals surface area (Å²) in [5, 5.41) is 4.10.